The van der Waals surface area contributed by atoms with Gasteiger partial charge in [0.15, 0.2) is 0 Å². The maximum absolute atomic E-state index is 11.4. The van der Waals surface area contributed by atoms with Crippen molar-refractivity contribution in [3.63, 3.8) is 0 Å². The third kappa shape index (κ3) is 5.36. The van der Waals surface area contributed by atoms with Crippen LogP contribution in [-0.4, -0.2) is 74.8 Å². The van der Waals surface area contributed by atoms with Gasteiger partial charge in [0.05, 0.1) is 41.1 Å². The maximum atomic E-state index is 11.4. The van der Waals surface area contributed by atoms with Gasteiger partial charge in [0.1, 0.15) is 17.5 Å². The molecule has 3 aromatic rings. The summed E-state index contributed by atoms with van der Waals surface area (Å²) in [6, 6.07) is 4.59. The molecule has 1 fully saturated rings. The Bertz CT molecular complexity index is 1290. The van der Waals surface area contributed by atoms with Crippen molar-refractivity contribution < 1.29 is 9.90 Å². The van der Waals surface area contributed by atoms with E-state index in [9.17, 15) is 9.90 Å². The number of rotatable bonds is 7. The second-order valence-corrected chi connectivity index (χ2v) is 9.37. The van der Waals surface area contributed by atoms with Crippen LogP contribution in [0.4, 0.5) is 5.69 Å². The molecule has 4 heterocycles. The number of pyridine rings is 1. The zero-order chi connectivity index (χ0) is 25.1. The predicted octanol–water partition coefficient (Wildman–Crippen LogP) is 2.03. The topological polar surface area (TPSA) is 91.3 Å². The van der Waals surface area contributed by atoms with Crippen LogP contribution in [0.2, 0.25) is 0 Å². The van der Waals surface area contributed by atoms with Gasteiger partial charge in [0.2, 0.25) is 0 Å². The summed E-state index contributed by atoms with van der Waals surface area (Å²) in [5, 5.41) is 13.9. The van der Waals surface area contributed by atoms with Crippen LogP contribution in [-0.2, 0) is 11.8 Å². The first kappa shape index (κ1) is 24.8. The van der Waals surface area contributed by atoms with Crippen molar-refractivity contribution in [3.8, 4) is 0 Å². The average Bonchev–Trinajstić information content (AvgIpc) is 3.25. The van der Waals surface area contributed by atoms with Gasteiger partial charge in [-0.05, 0) is 58.4 Å². The molecule has 0 radical (unpaired) electrons. The summed E-state index contributed by atoms with van der Waals surface area (Å²) in [5.74, 6) is 0. The largest absolute Gasteiger partial charge is 0.395 e. The number of nitrogens with zero attached hydrogens (tertiary/aromatic N) is 7. The fourth-order valence-corrected chi connectivity index (χ4v) is 4.88. The summed E-state index contributed by atoms with van der Waals surface area (Å²) in [6.45, 7) is 8.78. The molecule has 3 aromatic heterocycles. The zero-order valence-electron chi connectivity index (χ0n) is 21.3. The standard InChI is InChI=1S/C26H35N7O2/c1-18-14-22(32-9-6-21(7-10-32)30(4)11-13-35)17-31(5)26(18)28-23(8-12-34)24-15-25-20(3)27-19(2)16-33(25)29-24/h8,12,14-17,21,35H,6-7,9-11,13H2,1-5H3/b23-8-,28-26?. The van der Waals surface area contributed by atoms with Crippen LogP contribution in [0.1, 0.15) is 35.5 Å². The van der Waals surface area contributed by atoms with Crippen LogP contribution in [0.3, 0.4) is 0 Å². The fraction of sp³-hybridized carbons (Fsp3) is 0.462. The van der Waals surface area contributed by atoms with E-state index in [1.165, 1.54) is 6.08 Å². The van der Waals surface area contributed by atoms with Gasteiger partial charge in [-0.25, -0.2) is 9.51 Å². The fourth-order valence-electron chi connectivity index (χ4n) is 4.88. The molecule has 1 aliphatic heterocycles. The molecule has 186 valence electrons. The van der Waals surface area contributed by atoms with Gasteiger partial charge in [0, 0.05) is 45.0 Å². The number of anilines is 1. The van der Waals surface area contributed by atoms with Crippen molar-refractivity contribution in [2.75, 3.05) is 38.2 Å². The van der Waals surface area contributed by atoms with Crippen LogP contribution >= 0.6 is 0 Å². The lowest BCUT2D eigenvalue weighted by molar-refractivity contribution is -0.104. The first-order chi connectivity index (χ1) is 16.8. The Kier molecular flexibility index (Phi) is 7.47. The molecule has 0 aliphatic carbocycles. The number of hydrogen-bond acceptors (Lipinski definition) is 7. The SMILES string of the molecule is Cc1cn2nc(/C(=C/C=O)N=c3c(C)cc(N4CCC(N(C)CCO)CC4)cn3C)cc2c(C)n1. The lowest BCUT2D eigenvalue weighted by Crippen LogP contribution is -2.44. The molecular weight excluding hydrogens is 442 g/mol. The van der Waals surface area contributed by atoms with Gasteiger partial charge in [-0.15, -0.1) is 0 Å². The highest BCUT2D eigenvalue weighted by Gasteiger charge is 2.23. The van der Waals surface area contributed by atoms with E-state index in [1.807, 2.05) is 44.6 Å². The number of fused-ring (bicyclic) bond motifs is 1. The number of aryl methyl sites for hydroxylation is 4. The van der Waals surface area contributed by atoms with E-state index >= 15 is 0 Å². The summed E-state index contributed by atoms with van der Waals surface area (Å²) in [6.07, 6.45) is 8.32. The Balaban J connectivity index is 1.63. The highest BCUT2D eigenvalue weighted by molar-refractivity contribution is 5.81. The first-order valence-electron chi connectivity index (χ1n) is 12.1. The van der Waals surface area contributed by atoms with E-state index in [4.69, 9.17) is 4.99 Å². The van der Waals surface area contributed by atoms with E-state index < -0.39 is 0 Å². The normalized spacial score (nSPS) is 16.0. The lowest BCUT2D eigenvalue weighted by atomic mass is 10.0. The van der Waals surface area contributed by atoms with Crippen molar-refractivity contribution in [3.05, 3.63) is 58.7 Å². The molecule has 4 rings (SSSR count). The van der Waals surface area contributed by atoms with Crippen LogP contribution in [0, 0.1) is 20.8 Å². The number of aliphatic hydroxyl groups excluding tert-OH is 1. The van der Waals surface area contributed by atoms with Gasteiger partial charge in [-0.3, -0.25) is 9.78 Å². The predicted molar refractivity (Wildman–Crippen MR) is 137 cm³/mol. The Morgan fingerprint density at radius 3 is 2.63 bits per heavy atom. The number of likely N-dealkylation sites (N-methyl/N-ethyl adjacent to an activating group) is 1. The van der Waals surface area contributed by atoms with Crippen LogP contribution in [0.15, 0.2) is 35.6 Å². The lowest BCUT2D eigenvalue weighted by Gasteiger charge is -2.37. The first-order valence-corrected chi connectivity index (χ1v) is 12.1. The summed E-state index contributed by atoms with van der Waals surface area (Å²) in [4.78, 5) is 25.5. The van der Waals surface area contributed by atoms with Crippen molar-refractivity contribution >= 4 is 23.2 Å². The number of aldehydes is 1. The molecule has 0 amide bonds. The number of allylic oxidation sites excluding steroid dienone is 1. The molecular formula is C26H35N7O2. The molecule has 0 unspecified atom stereocenters. The maximum Gasteiger partial charge on any atom is 0.145 e. The molecule has 1 saturated heterocycles. The number of piperidine rings is 1. The van der Waals surface area contributed by atoms with E-state index in [2.05, 4.69) is 39.2 Å². The quantitative estimate of drug-likeness (QED) is 0.414. The van der Waals surface area contributed by atoms with Crippen LogP contribution in [0.25, 0.3) is 11.2 Å². The molecule has 1 N–H and O–H groups in total. The number of carbonyl (C=O) groups is 1. The van der Waals surface area contributed by atoms with E-state index in [0.717, 1.165) is 65.9 Å². The second-order valence-electron chi connectivity index (χ2n) is 9.37. The Morgan fingerprint density at radius 1 is 1.23 bits per heavy atom. The van der Waals surface area contributed by atoms with Crippen molar-refractivity contribution in [2.45, 2.75) is 39.7 Å². The summed E-state index contributed by atoms with van der Waals surface area (Å²) in [7, 11) is 4.07. The molecule has 0 saturated carbocycles. The third-order valence-corrected chi connectivity index (χ3v) is 6.76. The average molecular weight is 478 g/mol. The highest BCUT2D eigenvalue weighted by atomic mass is 16.3. The minimum Gasteiger partial charge on any atom is -0.395 e. The molecule has 35 heavy (non-hydrogen) atoms. The van der Waals surface area contributed by atoms with Crippen molar-refractivity contribution in [2.24, 2.45) is 12.0 Å². The second kappa shape index (κ2) is 10.5. The molecule has 9 heteroatoms. The summed E-state index contributed by atoms with van der Waals surface area (Å²) >= 11 is 0. The number of aliphatic hydroxyl groups is 1. The van der Waals surface area contributed by atoms with Gasteiger partial charge in [-0.1, -0.05) is 0 Å². The third-order valence-electron chi connectivity index (χ3n) is 6.76. The highest BCUT2D eigenvalue weighted by Crippen LogP contribution is 2.23. The molecule has 0 aromatic carbocycles. The zero-order valence-corrected chi connectivity index (χ0v) is 21.3. The van der Waals surface area contributed by atoms with Gasteiger partial charge < -0.3 is 19.5 Å². The Hall–Kier alpha value is -3.30. The minimum atomic E-state index is 0.197. The van der Waals surface area contributed by atoms with Crippen LogP contribution < -0.4 is 10.4 Å². The molecule has 9 nitrogen and oxygen atoms in total. The minimum absolute atomic E-state index is 0.197. The molecule has 0 spiro atoms. The van der Waals surface area contributed by atoms with E-state index in [-0.39, 0.29) is 6.61 Å². The number of carbonyl (C=O) groups excluding carboxylic acids is 1. The van der Waals surface area contributed by atoms with E-state index in [0.29, 0.717) is 24.0 Å². The van der Waals surface area contributed by atoms with Crippen molar-refractivity contribution in [1.82, 2.24) is 24.1 Å². The molecule has 0 atom stereocenters. The molecule has 0 bridgehead atoms. The van der Waals surface area contributed by atoms with Gasteiger partial charge >= 0.3 is 0 Å². The van der Waals surface area contributed by atoms with E-state index in [1.54, 1.807) is 4.52 Å². The number of aromatic nitrogens is 4. The molecule has 1 aliphatic rings. The van der Waals surface area contributed by atoms with Crippen molar-refractivity contribution in [1.29, 1.82) is 0 Å². The van der Waals surface area contributed by atoms with Gasteiger partial charge in [0.25, 0.3) is 0 Å². The van der Waals surface area contributed by atoms with Gasteiger partial charge in [-0.2, -0.15) is 5.10 Å². The monoisotopic (exact) mass is 477 g/mol. The summed E-state index contributed by atoms with van der Waals surface area (Å²) < 4.78 is 3.80. The summed E-state index contributed by atoms with van der Waals surface area (Å²) in [5.41, 5.74) is 6.77. The van der Waals surface area contributed by atoms with Crippen LogP contribution in [0.5, 0.6) is 0 Å². The number of hydrogen-bond donors (Lipinski definition) is 1. The Labute approximate surface area is 206 Å². The smallest absolute Gasteiger partial charge is 0.145 e. The Morgan fingerprint density at radius 2 is 1.97 bits per heavy atom.